The van der Waals surface area contributed by atoms with E-state index < -0.39 is 0 Å². The number of ether oxygens (including phenoxy) is 2. The zero-order valence-corrected chi connectivity index (χ0v) is 13.9. The molecule has 0 bridgehead atoms. The van der Waals surface area contributed by atoms with E-state index in [0.29, 0.717) is 17.9 Å². The predicted molar refractivity (Wildman–Crippen MR) is 91.4 cm³/mol. The van der Waals surface area contributed by atoms with E-state index >= 15 is 0 Å². The summed E-state index contributed by atoms with van der Waals surface area (Å²) in [6.45, 7) is 4.06. The first-order chi connectivity index (χ1) is 11.0. The van der Waals surface area contributed by atoms with Crippen LogP contribution in [0.1, 0.15) is 19.4 Å². The van der Waals surface area contributed by atoms with E-state index in [1.807, 2.05) is 26.0 Å². The number of methoxy groups -OCH3 is 2. The summed E-state index contributed by atoms with van der Waals surface area (Å²) in [4.78, 5) is 0. The lowest BCUT2D eigenvalue weighted by atomic mass is 9.95. The largest absolute Gasteiger partial charge is 0.508 e. The van der Waals surface area contributed by atoms with Gasteiger partial charge in [0.2, 0.25) is 5.75 Å². The highest BCUT2D eigenvalue weighted by molar-refractivity contribution is 5.76. The van der Waals surface area contributed by atoms with Gasteiger partial charge in [-0.25, -0.2) is 0 Å². The second-order valence-electron chi connectivity index (χ2n) is 5.52. The fourth-order valence-electron chi connectivity index (χ4n) is 2.49. The Hall–Kier alpha value is -2.62. The van der Waals surface area contributed by atoms with Gasteiger partial charge in [0.25, 0.3) is 0 Å². The molecule has 0 aliphatic rings. The quantitative estimate of drug-likeness (QED) is 0.808. The van der Waals surface area contributed by atoms with Crippen LogP contribution in [-0.2, 0) is 6.42 Å². The van der Waals surface area contributed by atoms with Crippen LogP contribution in [0.25, 0.3) is 11.1 Å². The Bertz CT molecular complexity index is 711. The lowest BCUT2D eigenvalue weighted by molar-refractivity contribution is 0.331. The molecule has 0 unspecified atom stereocenters. The minimum atomic E-state index is 0.0216. The van der Waals surface area contributed by atoms with Gasteiger partial charge >= 0.3 is 0 Å². The molecule has 4 heteroatoms. The predicted octanol–water partition coefficient (Wildman–Crippen LogP) is 4.29. The van der Waals surface area contributed by atoms with Crippen LogP contribution >= 0.6 is 0 Å². The molecule has 0 fully saturated rings. The first-order valence-corrected chi connectivity index (χ1v) is 7.37. The number of allylic oxidation sites excluding steroid dienone is 2. The smallest absolute Gasteiger partial charge is 0.203 e. The summed E-state index contributed by atoms with van der Waals surface area (Å²) in [5, 5.41) is 19.7. The third kappa shape index (κ3) is 3.59. The van der Waals surface area contributed by atoms with E-state index in [2.05, 4.69) is 6.08 Å². The third-order valence-electron chi connectivity index (χ3n) is 3.62. The van der Waals surface area contributed by atoms with Gasteiger partial charge in [0, 0.05) is 5.56 Å². The van der Waals surface area contributed by atoms with Gasteiger partial charge in [-0.05, 0) is 49.6 Å². The third-order valence-corrected chi connectivity index (χ3v) is 3.62. The van der Waals surface area contributed by atoms with E-state index in [1.165, 1.54) is 12.7 Å². The van der Waals surface area contributed by atoms with Crippen LogP contribution in [0.15, 0.2) is 42.0 Å². The van der Waals surface area contributed by atoms with Crippen LogP contribution in [-0.4, -0.2) is 24.4 Å². The fourth-order valence-corrected chi connectivity index (χ4v) is 2.49. The molecule has 0 heterocycles. The number of phenols is 2. The van der Waals surface area contributed by atoms with Crippen molar-refractivity contribution in [2.24, 2.45) is 0 Å². The van der Waals surface area contributed by atoms with Gasteiger partial charge in [0.05, 0.1) is 14.2 Å². The van der Waals surface area contributed by atoms with Crippen LogP contribution in [0, 0.1) is 0 Å². The van der Waals surface area contributed by atoms with E-state index in [0.717, 1.165) is 16.7 Å². The summed E-state index contributed by atoms with van der Waals surface area (Å²) in [5.74, 6) is 1.07. The van der Waals surface area contributed by atoms with Crippen molar-refractivity contribution in [2.75, 3.05) is 14.2 Å². The monoisotopic (exact) mass is 314 g/mol. The van der Waals surface area contributed by atoms with Crippen molar-refractivity contribution >= 4 is 0 Å². The summed E-state index contributed by atoms with van der Waals surface area (Å²) in [7, 11) is 3.06. The summed E-state index contributed by atoms with van der Waals surface area (Å²) in [6, 6.07) is 8.52. The normalized spacial score (nSPS) is 10.3. The SMILES string of the molecule is COc1c(O)cc(-c2ccc(O)cc2)c(CC=C(C)C)c1OC. The van der Waals surface area contributed by atoms with E-state index in [4.69, 9.17) is 9.47 Å². The molecular weight excluding hydrogens is 292 g/mol. The Labute approximate surface area is 136 Å². The molecule has 0 saturated heterocycles. The van der Waals surface area contributed by atoms with Crippen LogP contribution < -0.4 is 9.47 Å². The maximum absolute atomic E-state index is 10.3. The van der Waals surface area contributed by atoms with E-state index in [1.54, 1.807) is 25.3 Å². The molecule has 0 aliphatic carbocycles. The molecule has 2 aromatic carbocycles. The zero-order valence-electron chi connectivity index (χ0n) is 13.9. The van der Waals surface area contributed by atoms with Crippen molar-refractivity contribution in [2.45, 2.75) is 20.3 Å². The van der Waals surface area contributed by atoms with Crippen molar-refractivity contribution in [3.63, 3.8) is 0 Å². The standard InChI is InChI=1S/C19H22O4/c1-12(2)5-10-15-16(13-6-8-14(20)9-7-13)11-17(21)19(23-4)18(15)22-3/h5-9,11,20-21H,10H2,1-4H3. The number of hydrogen-bond donors (Lipinski definition) is 2. The van der Waals surface area contributed by atoms with Gasteiger partial charge in [0.1, 0.15) is 5.75 Å². The molecule has 0 atom stereocenters. The molecule has 23 heavy (non-hydrogen) atoms. The van der Waals surface area contributed by atoms with E-state index in [9.17, 15) is 10.2 Å². The van der Waals surface area contributed by atoms with Crippen LogP contribution in [0.3, 0.4) is 0 Å². The molecule has 0 amide bonds. The average Bonchev–Trinajstić information content (AvgIpc) is 2.53. The van der Waals surface area contributed by atoms with Crippen LogP contribution in [0.2, 0.25) is 0 Å². The van der Waals surface area contributed by atoms with Crippen molar-refractivity contribution < 1.29 is 19.7 Å². The van der Waals surface area contributed by atoms with Crippen molar-refractivity contribution in [1.82, 2.24) is 0 Å². The Morgan fingerprint density at radius 3 is 2.13 bits per heavy atom. The molecule has 122 valence electrons. The van der Waals surface area contributed by atoms with Gasteiger partial charge in [-0.1, -0.05) is 23.8 Å². The van der Waals surface area contributed by atoms with E-state index in [-0.39, 0.29) is 11.5 Å². The summed E-state index contributed by atoms with van der Waals surface area (Å²) < 4.78 is 10.8. The second-order valence-corrected chi connectivity index (χ2v) is 5.52. The molecule has 0 radical (unpaired) electrons. The minimum absolute atomic E-state index is 0.0216. The maximum Gasteiger partial charge on any atom is 0.203 e. The summed E-state index contributed by atoms with van der Waals surface area (Å²) >= 11 is 0. The number of phenolic OH excluding ortho intramolecular Hbond substituents is 2. The molecule has 0 aliphatic heterocycles. The van der Waals surface area contributed by atoms with Gasteiger partial charge in [-0.2, -0.15) is 0 Å². The van der Waals surface area contributed by atoms with Gasteiger partial charge in [-0.15, -0.1) is 0 Å². The first kappa shape index (κ1) is 16.7. The molecule has 2 N–H and O–H groups in total. The number of rotatable bonds is 5. The number of hydrogen-bond acceptors (Lipinski definition) is 4. The average molecular weight is 314 g/mol. The number of benzene rings is 2. The van der Waals surface area contributed by atoms with Gasteiger partial charge in [0.15, 0.2) is 11.5 Å². The molecule has 2 rings (SSSR count). The fraction of sp³-hybridized carbons (Fsp3) is 0.263. The maximum atomic E-state index is 10.3. The van der Waals surface area contributed by atoms with Crippen LogP contribution in [0.5, 0.6) is 23.0 Å². The highest BCUT2D eigenvalue weighted by Gasteiger charge is 2.19. The molecular formula is C19H22O4. The Morgan fingerprint density at radius 1 is 1.00 bits per heavy atom. The van der Waals surface area contributed by atoms with Crippen molar-refractivity contribution in [1.29, 1.82) is 0 Å². The molecule has 4 nitrogen and oxygen atoms in total. The molecule has 2 aromatic rings. The highest BCUT2D eigenvalue weighted by atomic mass is 16.5. The Balaban J connectivity index is 2.70. The Kier molecular flexibility index (Phi) is 5.16. The lowest BCUT2D eigenvalue weighted by Crippen LogP contribution is -1.99. The first-order valence-electron chi connectivity index (χ1n) is 7.37. The molecule has 0 aromatic heterocycles. The topological polar surface area (TPSA) is 58.9 Å². The molecule has 0 spiro atoms. The second kappa shape index (κ2) is 7.09. The van der Waals surface area contributed by atoms with Gasteiger partial charge in [-0.3, -0.25) is 0 Å². The molecule has 0 saturated carbocycles. The lowest BCUT2D eigenvalue weighted by Gasteiger charge is -2.18. The summed E-state index contributed by atoms with van der Waals surface area (Å²) in [5.41, 5.74) is 3.85. The highest BCUT2D eigenvalue weighted by Crippen LogP contribution is 2.45. The van der Waals surface area contributed by atoms with Gasteiger partial charge < -0.3 is 19.7 Å². The van der Waals surface area contributed by atoms with Crippen LogP contribution in [0.4, 0.5) is 0 Å². The minimum Gasteiger partial charge on any atom is -0.508 e. The van der Waals surface area contributed by atoms with Crippen molar-refractivity contribution in [3.05, 3.63) is 47.5 Å². The van der Waals surface area contributed by atoms with Crippen molar-refractivity contribution in [3.8, 4) is 34.1 Å². The number of aromatic hydroxyl groups is 2. The summed E-state index contributed by atoms with van der Waals surface area (Å²) in [6.07, 6.45) is 2.75. The zero-order chi connectivity index (χ0) is 17.0. The Morgan fingerprint density at radius 2 is 1.61 bits per heavy atom.